The predicted molar refractivity (Wildman–Crippen MR) is 71.8 cm³/mol. The van der Waals surface area contributed by atoms with Crippen molar-refractivity contribution in [3.8, 4) is 11.1 Å². The van der Waals surface area contributed by atoms with Gasteiger partial charge in [0, 0.05) is 7.05 Å². The lowest BCUT2D eigenvalue weighted by molar-refractivity contribution is 0.282. The zero-order chi connectivity index (χ0) is 12.3. The second-order valence-corrected chi connectivity index (χ2v) is 3.91. The van der Waals surface area contributed by atoms with E-state index in [1.807, 2.05) is 49.5 Å². The van der Waals surface area contributed by atoms with Crippen LogP contribution in [0.4, 0.5) is 11.4 Å². The van der Waals surface area contributed by atoms with E-state index in [0.29, 0.717) is 0 Å². The van der Waals surface area contributed by atoms with E-state index in [9.17, 15) is 0 Å². The molecule has 3 heteroatoms. The van der Waals surface area contributed by atoms with Gasteiger partial charge in [-0.3, -0.25) is 0 Å². The van der Waals surface area contributed by atoms with E-state index < -0.39 is 0 Å². The molecule has 2 aromatic carbocycles. The monoisotopic (exact) mass is 228 g/mol. The van der Waals surface area contributed by atoms with E-state index in [2.05, 4.69) is 5.32 Å². The van der Waals surface area contributed by atoms with Crippen LogP contribution >= 0.6 is 0 Å². The van der Waals surface area contributed by atoms with E-state index in [1.54, 1.807) is 0 Å². The van der Waals surface area contributed by atoms with Crippen LogP contribution in [0.2, 0.25) is 0 Å². The Balaban J connectivity index is 2.38. The molecule has 0 aliphatic carbocycles. The summed E-state index contributed by atoms with van der Waals surface area (Å²) in [5.74, 6) is 0. The highest BCUT2D eigenvalue weighted by Crippen LogP contribution is 2.27. The maximum Gasteiger partial charge on any atom is 0.0681 e. The molecule has 0 fully saturated rings. The molecule has 3 nitrogen and oxygen atoms in total. The van der Waals surface area contributed by atoms with Crippen molar-refractivity contribution in [2.75, 3.05) is 18.1 Å². The Labute approximate surface area is 101 Å². The third-order valence-electron chi connectivity index (χ3n) is 2.79. The van der Waals surface area contributed by atoms with Crippen LogP contribution in [0.15, 0.2) is 42.5 Å². The summed E-state index contributed by atoms with van der Waals surface area (Å²) in [7, 11) is 1.85. The van der Waals surface area contributed by atoms with Crippen LogP contribution in [-0.4, -0.2) is 12.2 Å². The maximum absolute atomic E-state index is 8.99. The van der Waals surface area contributed by atoms with Gasteiger partial charge in [-0.1, -0.05) is 30.3 Å². The molecule has 0 saturated heterocycles. The fourth-order valence-electron chi connectivity index (χ4n) is 1.75. The third-order valence-corrected chi connectivity index (χ3v) is 2.79. The number of nitrogens with one attached hydrogen (secondary N) is 1. The van der Waals surface area contributed by atoms with Crippen LogP contribution in [0.25, 0.3) is 11.1 Å². The first-order valence-corrected chi connectivity index (χ1v) is 5.52. The average Bonchev–Trinajstić information content (AvgIpc) is 2.39. The molecule has 2 aromatic rings. The Hall–Kier alpha value is -2.00. The summed E-state index contributed by atoms with van der Waals surface area (Å²) in [6.45, 7) is 0.0732. The lowest BCUT2D eigenvalue weighted by atomic mass is 10.0. The quantitative estimate of drug-likeness (QED) is 0.707. The standard InChI is InChI=1S/C14H16N2O/c1-16-14-8-12(6-7-13(14)15)11-4-2-10(9-17)3-5-11/h2-8,16-17H,9,15H2,1H3. The molecule has 0 heterocycles. The van der Waals surface area contributed by atoms with Crippen molar-refractivity contribution < 1.29 is 5.11 Å². The predicted octanol–water partition coefficient (Wildman–Crippen LogP) is 2.47. The molecular weight excluding hydrogens is 212 g/mol. The molecule has 0 spiro atoms. The SMILES string of the molecule is CNc1cc(-c2ccc(CO)cc2)ccc1N. The Morgan fingerprint density at radius 2 is 1.71 bits per heavy atom. The highest BCUT2D eigenvalue weighted by atomic mass is 16.3. The van der Waals surface area contributed by atoms with Crippen molar-refractivity contribution in [3.05, 3.63) is 48.0 Å². The first-order valence-electron chi connectivity index (χ1n) is 5.52. The number of nitrogens with two attached hydrogens (primary N) is 1. The van der Waals surface area contributed by atoms with Crippen LogP contribution < -0.4 is 11.1 Å². The van der Waals surface area contributed by atoms with Gasteiger partial charge in [0.25, 0.3) is 0 Å². The van der Waals surface area contributed by atoms with Crippen molar-refractivity contribution in [2.24, 2.45) is 0 Å². The number of nitrogen functional groups attached to an aromatic ring is 1. The molecule has 0 radical (unpaired) electrons. The fraction of sp³-hybridized carbons (Fsp3) is 0.143. The van der Waals surface area contributed by atoms with Crippen LogP contribution in [0, 0.1) is 0 Å². The van der Waals surface area contributed by atoms with Gasteiger partial charge >= 0.3 is 0 Å². The van der Waals surface area contributed by atoms with Gasteiger partial charge in [0.1, 0.15) is 0 Å². The van der Waals surface area contributed by atoms with E-state index in [-0.39, 0.29) is 6.61 Å². The minimum absolute atomic E-state index is 0.0732. The Morgan fingerprint density at radius 1 is 1.06 bits per heavy atom. The summed E-state index contributed by atoms with van der Waals surface area (Å²) >= 11 is 0. The smallest absolute Gasteiger partial charge is 0.0681 e. The van der Waals surface area contributed by atoms with Gasteiger partial charge in [-0.2, -0.15) is 0 Å². The molecule has 88 valence electrons. The van der Waals surface area contributed by atoms with E-state index in [4.69, 9.17) is 10.8 Å². The summed E-state index contributed by atoms with van der Waals surface area (Å²) in [4.78, 5) is 0. The van der Waals surface area contributed by atoms with Gasteiger partial charge in [0.15, 0.2) is 0 Å². The third kappa shape index (κ3) is 2.40. The minimum atomic E-state index is 0.0732. The Morgan fingerprint density at radius 3 is 2.29 bits per heavy atom. The van der Waals surface area contributed by atoms with E-state index in [0.717, 1.165) is 28.1 Å². The van der Waals surface area contributed by atoms with Crippen molar-refractivity contribution >= 4 is 11.4 Å². The van der Waals surface area contributed by atoms with Gasteiger partial charge in [0.05, 0.1) is 18.0 Å². The van der Waals surface area contributed by atoms with Gasteiger partial charge in [-0.25, -0.2) is 0 Å². The zero-order valence-corrected chi connectivity index (χ0v) is 9.77. The van der Waals surface area contributed by atoms with Gasteiger partial charge < -0.3 is 16.2 Å². The van der Waals surface area contributed by atoms with Crippen LogP contribution in [-0.2, 0) is 6.61 Å². The molecule has 4 N–H and O–H groups in total. The number of rotatable bonds is 3. The topological polar surface area (TPSA) is 58.3 Å². The Bertz CT molecular complexity index is 506. The minimum Gasteiger partial charge on any atom is -0.397 e. The number of benzene rings is 2. The molecule has 0 aromatic heterocycles. The lowest BCUT2D eigenvalue weighted by Gasteiger charge is -2.08. The first kappa shape index (κ1) is 11.5. The summed E-state index contributed by atoms with van der Waals surface area (Å²) in [6.07, 6.45) is 0. The molecule has 0 unspecified atom stereocenters. The maximum atomic E-state index is 8.99. The molecule has 0 amide bonds. The Kier molecular flexibility index (Phi) is 3.30. The highest BCUT2D eigenvalue weighted by Gasteiger charge is 2.02. The number of aliphatic hydroxyl groups is 1. The summed E-state index contributed by atoms with van der Waals surface area (Å²) in [6, 6.07) is 13.7. The molecular formula is C14H16N2O. The number of anilines is 2. The largest absolute Gasteiger partial charge is 0.397 e. The molecule has 17 heavy (non-hydrogen) atoms. The van der Waals surface area contributed by atoms with Gasteiger partial charge in [-0.15, -0.1) is 0 Å². The second kappa shape index (κ2) is 4.89. The van der Waals surface area contributed by atoms with Crippen LogP contribution in [0.3, 0.4) is 0 Å². The zero-order valence-electron chi connectivity index (χ0n) is 9.77. The number of hydrogen-bond acceptors (Lipinski definition) is 3. The number of hydrogen-bond donors (Lipinski definition) is 3. The van der Waals surface area contributed by atoms with Gasteiger partial charge in [0.2, 0.25) is 0 Å². The van der Waals surface area contributed by atoms with Crippen molar-refractivity contribution in [1.82, 2.24) is 0 Å². The highest BCUT2D eigenvalue weighted by molar-refractivity contribution is 5.76. The molecule has 0 aliphatic heterocycles. The van der Waals surface area contributed by atoms with Crippen molar-refractivity contribution in [1.29, 1.82) is 0 Å². The van der Waals surface area contributed by atoms with E-state index >= 15 is 0 Å². The average molecular weight is 228 g/mol. The molecule has 2 rings (SSSR count). The van der Waals surface area contributed by atoms with Gasteiger partial charge in [-0.05, 0) is 28.8 Å². The van der Waals surface area contributed by atoms with Crippen LogP contribution in [0.5, 0.6) is 0 Å². The second-order valence-electron chi connectivity index (χ2n) is 3.91. The molecule has 0 aliphatic rings. The molecule has 0 atom stereocenters. The fourth-order valence-corrected chi connectivity index (χ4v) is 1.75. The summed E-state index contributed by atoms with van der Waals surface area (Å²) < 4.78 is 0. The van der Waals surface area contributed by atoms with Crippen molar-refractivity contribution in [2.45, 2.75) is 6.61 Å². The normalized spacial score (nSPS) is 10.2. The van der Waals surface area contributed by atoms with Crippen molar-refractivity contribution in [3.63, 3.8) is 0 Å². The number of aliphatic hydroxyl groups excluding tert-OH is 1. The molecule has 0 saturated carbocycles. The summed E-state index contributed by atoms with van der Waals surface area (Å²) in [5.41, 5.74) is 10.6. The first-order chi connectivity index (χ1) is 8.24. The lowest BCUT2D eigenvalue weighted by Crippen LogP contribution is -1.95. The van der Waals surface area contributed by atoms with Crippen LogP contribution in [0.1, 0.15) is 5.56 Å². The summed E-state index contributed by atoms with van der Waals surface area (Å²) in [5, 5.41) is 12.1. The van der Waals surface area contributed by atoms with E-state index in [1.165, 1.54) is 0 Å². The molecule has 0 bridgehead atoms.